The maximum atomic E-state index is 12.0. The van der Waals surface area contributed by atoms with Gasteiger partial charge in [-0.05, 0) is 17.7 Å². The van der Waals surface area contributed by atoms with Gasteiger partial charge in [-0.1, -0.05) is 12.1 Å². The molecule has 0 atom stereocenters. The van der Waals surface area contributed by atoms with Gasteiger partial charge < -0.3 is 24.8 Å². The van der Waals surface area contributed by atoms with Crippen molar-refractivity contribution in [3.05, 3.63) is 29.8 Å². The van der Waals surface area contributed by atoms with Crippen LogP contribution in [0.2, 0.25) is 0 Å². The summed E-state index contributed by atoms with van der Waals surface area (Å²) in [6, 6.07) is 6.83. The zero-order chi connectivity index (χ0) is 15.7. The average Bonchev–Trinajstić information content (AvgIpc) is 2.48. The number of carboxylic acids is 1. The average molecular weight is 296 g/mol. The van der Waals surface area contributed by atoms with Crippen molar-refractivity contribution in [1.82, 2.24) is 10.2 Å². The summed E-state index contributed by atoms with van der Waals surface area (Å²) in [5.41, 5.74) is 0.865. The van der Waals surface area contributed by atoms with Gasteiger partial charge in [0.1, 0.15) is 12.3 Å². The highest BCUT2D eigenvalue weighted by atomic mass is 16.5. The van der Waals surface area contributed by atoms with Crippen molar-refractivity contribution in [2.24, 2.45) is 0 Å². The Morgan fingerprint density at radius 3 is 2.71 bits per heavy atom. The van der Waals surface area contributed by atoms with E-state index in [1.54, 1.807) is 19.2 Å². The van der Waals surface area contributed by atoms with E-state index in [9.17, 15) is 9.59 Å². The van der Waals surface area contributed by atoms with Crippen LogP contribution in [0.1, 0.15) is 5.56 Å². The number of methoxy groups -OCH3 is 2. The fourth-order valence-electron chi connectivity index (χ4n) is 1.69. The van der Waals surface area contributed by atoms with E-state index in [1.807, 2.05) is 12.1 Å². The Hall–Kier alpha value is -2.28. The smallest absolute Gasteiger partial charge is 0.323 e. The molecule has 7 heteroatoms. The topological polar surface area (TPSA) is 88.1 Å². The molecular weight excluding hydrogens is 276 g/mol. The lowest BCUT2D eigenvalue weighted by Gasteiger charge is -2.20. The number of benzene rings is 1. The molecule has 1 aromatic carbocycles. The molecule has 0 bridgehead atoms. The van der Waals surface area contributed by atoms with Crippen molar-refractivity contribution in [3.8, 4) is 5.75 Å². The molecule has 0 fully saturated rings. The van der Waals surface area contributed by atoms with Gasteiger partial charge in [0.25, 0.3) is 0 Å². The normalized spacial score (nSPS) is 10.0. The quantitative estimate of drug-likeness (QED) is 0.745. The van der Waals surface area contributed by atoms with Crippen LogP contribution >= 0.6 is 0 Å². The van der Waals surface area contributed by atoms with E-state index in [1.165, 1.54) is 12.0 Å². The summed E-state index contributed by atoms with van der Waals surface area (Å²) in [6.45, 7) is 0.416. The molecular formula is C14H20N2O5. The number of hydrogen-bond acceptors (Lipinski definition) is 4. The van der Waals surface area contributed by atoms with Crippen LogP contribution in [0.5, 0.6) is 5.75 Å². The Morgan fingerprint density at radius 1 is 1.33 bits per heavy atom. The predicted molar refractivity (Wildman–Crippen MR) is 76.3 cm³/mol. The monoisotopic (exact) mass is 296 g/mol. The van der Waals surface area contributed by atoms with Gasteiger partial charge in [-0.3, -0.25) is 4.79 Å². The molecule has 2 N–H and O–H groups in total. The number of aliphatic carboxylic acids is 1. The Morgan fingerprint density at radius 2 is 2.10 bits per heavy atom. The molecule has 0 aliphatic carbocycles. The molecule has 0 aliphatic rings. The Kier molecular flexibility index (Phi) is 7.03. The summed E-state index contributed by atoms with van der Waals surface area (Å²) in [7, 11) is 3.06. The van der Waals surface area contributed by atoms with Crippen LogP contribution in [-0.2, 0) is 16.1 Å². The molecule has 1 rings (SSSR count). The lowest BCUT2D eigenvalue weighted by Crippen LogP contribution is -2.44. The molecule has 0 aliphatic heterocycles. The van der Waals surface area contributed by atoms with E-state index in [-0.39, 0.29) is 19.7 Å². The predicted octanol–water partition coefficient (Wildman–Crippen LogP) is 0.938. The molecule has 0 spiro atoms. The molecule has 0 saturated heterocycles. The number of nitrogens with zero attached hydrogens (tertiary/aromatic N) is 1. The first-order valence-electron chi connectivity index (χ1n) is 6.43. The minimum atomic E-state index is -1.07. The first kappa shape index (κ1) is 16.8. The van der Waals surface area contributed by atoms with Crippen LogP contribution < -0.4 is 10.1 Å². The standard InChI is InChI=1S/C14H20N2O5/c1-20-7-6-16(10-13(17)18)14(19)15-9-11-4-3-5-12(8-11)21-2/h3-5,8H,6-7,9-10H2,1-2H3,(H,15,19)(H,17,18). The first-order chi connectivity index (χ1) is 10.1. The molecule has 1 aromatic rings. The van der Waals surface area contributed by atoms with Gasteiger partial charge in [0, 0.05) is 20.2 Å². The minimum absolute atomic E-state index is 0.215. The second-order valence-corrected chi connectivity index (χ2v) is 4.32. The van der Waals surface area contributed by atoms with Gasteiger partial charge in [-0.2, -0.15) is 0 Å². The number of amides is 2. The van der Waals surface area contributed by atoms with Crippen LogP contribution in [0.15, 0.2) is 24.3 Å². The number of ether oxygens (including phenoxy) is 2. The molecule has 0 aromatic heterocycles. The molecule has 0 heterocycles. The van der Waals surface area contributed by atoms with E-state index in [0.717, 1.165) is 5.56 Å². The summed E-state index contributed by atoms with van der Waals surface area (Å²) in [4.78, 5) is 23.9. The van der Waals surface area contributed by atoms with Crippen molar-refractivity contribution < 1.29 is 24.2 Å². The van der Waals surface area contributed by atoms with Gasteiger partial charge in [0.05, 0.1) is 13.7 Å². The third-order valence-electron chi connectivity index (χ3n) is 2.76. The zero-order valence-corrected chi connectivity index (χ0v) is 12.2. The maximum Gasteiger partial charge on any atom is 0.323 e. The van der Waals surface area contributed by atoms with Crippen molar-refractivity contribution in [3.63, 3.8) is 0 Å². The second kappa shape index (κ2) is 8.80. The molecule has 0 radical (unpaired) electrons. The van der Waals surface area contributed by atoms with Crippen LogP contribution in [0.25, 0.3) is 0 Å². The molecule has 7 nitrogen and oxygen atoms in total. The van der Waals surface area contributed by atoms with Crippen molar-refractivity contribution >= 4 is 12.0 Å². The minimum Gasteiger partial charge on any atom is -0.497 e. The summed E-state index contributed by atoms with van der Waals surface area (Å²) >= 11 is 0. The number of rotatable bonds is 8. The lowest BCUT2D eigenvalue weighted by molar-refractivity contribution is -0.137. The highest BCUT2D eigenvalue weighted by Crippen LogP contribution is 2.12. The van der Waals surface area contributed by atoms with Crippen LogP contribution in [0.3, 0.4) is 0 Å². The third-order valence-corrected chi connectivity index (χ3v) is 2.76. The van der Waals surface area contributed by atoms with Crippen molar-refractivity contribution in [2.75, 3.05) is 33.9 Å². The van der Waals surface area contributed by atoms with Crippen molar-refractivity contribution in [1.29, 1.82) is 0 Å². The summed E-state index contributed by atoms with van der Waals surface area (Å²) in [6.07, 6.45) is 0. The fraction of sp³-hybridized carbons (Fsp3) is 0.429. The highest BCUT2D eigenvalue weighted by molar-refractivity contribution is 5.80. The van der Waals surface area contributed by atoms with Gasteiger partial charge in [-0.25, -0.2) is 4.79 Å². The Labute approximate surface area is 123 Å². The molecule has 0 saturated carbocycles. The van der Waals surface area contributed by atoms with Gasteiger partial charge >= 0.3 is 12.0 Å². The summed E-state index contributed by atoms with van der Waals surface area (Å²) in [5, 5.41) is 11.5. The molecule has 2 amide bonds. The number of hydrogen-bond donors (Lipinski definition) is 2. The number of carboxylic acid groups (broad SMARTS) is 1. The second-order valence-electron chi connectivity index (χ2n) is 4.32. The lowest BCUT2D eigenvalue weighted by atomic mass is 10.2. The van der Waals surface area contributed by atoms with Gasteiger partial charge in [0.15, 0.2) is 0 Å². The number of carbonyl (C=O) groups is 2. The number of nitrogens with one attached hydrogen (secondary N) is 1. The highest BCUT2D eigenvalue weighted by Gasteiger charge is 2.16. The summed E-state index contributed by atoms with van der Waals surface area (Å²) in [5.74, 6) is -0.369. The summed E-state index contributed by atoms with van der Waals surface area (Å²) < 4.78 is 9.96. The van der Waals surface area contributed by atoms with E-state index >= 15 is 0 Å². The van der Waals surface area contributed by atoms with Crippen molar-refractivity contribution in [2.45, 2.75) is 6.54 Å². The Bertz CT molecular complexity index is 478. The number of urea groups is 1. The zero-order valence-electron chi connectivity index (χ0n) is 12.2. The van der Waals surface area contributed by atoms with Crippen LogP contribution in [0, 0.1) is 0 Å². The van der Waals surface area contributed by atoms with E-state index < -0.39 is 12.0 Å². The number of carbonyl (C=O) groups excluding carboxylic acids is 1. The SMILES string of the molecule is COCCN(CC(=O)O)C(=O)NCc1cccc(OC)c1. The Balaban J connectivity index is 2.57. The van der Waals surface area contributed by atoms with Crippen LogP contribution in [0.4, 0.5) is 4.79 Å². The third kappa shape index (κ3) is 6.13. The van der Waals surface area contributed by atoms with E-state index in [4.69, 9.17) is 14.6 Å². The van der Waals surface area contributed by atoms with Gasteiger partial charge in [0.2, 0.25) is 0 Å². The fourth-order valence-corrected chi connectivity index (χ4v) is 1.69. The van der Waals surface area contributed by atoms with E-state index in [2.05, 4.69) is 5.32 Å². The van der Waals surface area contributed by atoms with Gasteiger partial charge in [-0.15, -0.1) is 0 Å². The molecule has 116 valence electrons. The largest absolute Gasteiger partial charge is 0.497 e. The molecule has 0 unspecified atom stereocenters. The van der Waals surface area contributed by atoms with Crippen LogP contribution in [-0.4, -0.2) is 55.9 Å². The maximum absolute atomic E-state index is 12.0. The first-order valence-corrected chi connectivity index (χ1v) is 6.43. The van der Waals surface area contributed by atoms with E-state index in [0.29, 0.717) is 12.3 Å². The molecule has 21 heavy (non-hydrogen) atoms.